The van der Waals surface area contributed by atoms with Crippen LogP contribution in [-0.2, 0) is 6.54 Å². The topological polar surface area (TPSA) is 45.4 Å². The van der Waals surface area contributed by atoms with Crippen LogP contribution in [0, 0.1) is 0 Å². The van der Waals surface area contributed by atoms with E-state index in [0.29, 0.717) is 12.1 Å². The Hall–Kier alpha value is -1.38. The SMILES string of the molecule is C=Cc1cc(O)n(CC)c1O. The van der Waals surface area contributed by atoms with Gasteiger partial charge in [0.15, 0.2) is 5.88 Å². The zero-order chi connectivity index (χ0) is 8.43. The van der Waals surface area contributed by atoms with Crippen LogP contribution in [0.1, 0.15) is 12.5 Å². The van der Waals surface area contributed by atoms with E-state index in [-0.39, 0.29) is 11.8 Å². The number of nitrogens with zero attached hydrogens (tertiary/aromatic N) is 1. The first-order chi connectivity index (χ1) is 5.20. The fourth-order valence-corrected chi connectivity index (χ4v) is 1.01. The third kappa shape index (κ3) is 1.09. The summed E-state index contributed by atoms with van der Waals surface area (Å²) in [5, 5.41) is 18.5. The zero-order valence-electron chi connectivity index (χ0n) is 6.41. The van der Waals surface area contributed by atoms with Gasteiger partial charge in [0.25, 0.3) is 0 Å². The van der Waals surface area contributed by atoms with Crippen LogP contribution >= 0.6 is 0 Å². The molecule has 0 amide bonds. The fraction of sp³-hybridized carbons (Fsp3) is 0.250. The van der Waals surface area contributed by atoms with E-state index < -0.39 is 0 Å². The minimum Gasteiger partial charge on any atom is -0.494 e. The number of hydrogen-bond acceptors (Lipinski definition) is 2. The van der Waals surface area contributed by atoms with Crippen molar-refractivity contribution in [2.24, 2.45) is 0 Å². The van der Waals surface area contributed by atoms with E-state index in [9.17, 15) is 10.2 Å². The third-order valence-corrected chi connectivity index (χ3v) is 1.61. The molecule has 1 aromatic heterocycles. The van der Waals surface area contributed by atoms with Gasteiger partial charge >= 0.3 is 0 Å². The molecule has 1 heterocycles. The predicted molar refractivity (Wildman–Crippen MR) is 43.5 cm³/mol. The second-order valence-corrected chi connectivity index (χ2v) is 2.23. The maximum absolute atomic E-state index is 9.34. The van der Waals surface area contributed by atoms with E-state index in [1.165, 1.54) is 16.7 Å². The number of aromatic hydroxyl groups is 2. The van der Waals surface area contributed by atoms with Crippen molar-refractivity contribution >= 4 is 6.08 Å². The molecule has 1 rings (SSSR count). The third-order valence-electron chi connectivity index (χ3n) is 1.61. The number of hydrogen-bond donors (Lipinski definition) is 2. The molecule has 0 saturated heterocycles. The molecule has 0 fully saturated rings. The van der Waals surface area contributed by atoms with E-state index in [4.69, 9.17) is 0 Å². The Morgan fingerprint density at radius 1 is 1.64 bits per heavy atom. The first-order valence-corrected chi connectivity index (χ1v) is 3.44. The summed E-state index contributed by atoms with van der Waals surface area (Å²) in [6.07, 6.45) is 1.50. The molecule has 0 bridgehead atoms. The lowest BCUT2D eigenvalue weighted by Crippen LogP contribution is -1.91. The Kier molecular flexibility index (Phi) is 1.89. The summed E-state index contributed by atoms with van der Waals surface area (Å²) in [5.41, 5.74) is 0.560. The lowest BCUT2D eigenvalue weighted by Gasteiger charge is -2.00. The van der Waals surface area contributed by atoms with Crippen molar-refractivity contribution in [3.63, 3.8) is 0 Å². The van der Waals surface area contributed by atoms with Crippen LogP contribution in [0.5, 0.6) is 11.8 Å². The summed E-state index contributed by atoms with van der Waals surface area (Å²) in [4.78, 5) is 0. The molecule has 0 radical (unpaired) electrons. The molecular formula is C8H11NO2. The Bertz CT molecular complexity index is 276. The molecule has 0 saturated carbocycles. The van der Waals surface area contributed by atoms with Crippen molar-refractivity contribution in [2.75, 3.05) is 0 Å². The predicted octanol–water partition coefficient (Wildman–Crippen LogP) is 1.56. The Balaban J connectivity index is 3.24. The normalized spacial score (nSPS) is 9.91. The Labute approximate surface area is 65.2 Å². The molecule has 0 aromatic carbocycles. The first kappa shape index (κ1) is 7.72. The quantitative estimate of drug-likeness (QED) is 0.677. The molecule has 3 heteroatoms. The van der Waals surface area contributed by atoms with E-state index >= 15 is 0 Å². The molecule has 0 spiro atoms. The van der Waals surface area contributed by atoms with E-state index in [2.05, 4.69) is 6.58 Å². The van der Waals surface area contributed by atoms with Crippen molar-refractivity contribution in [2.45, 2.75) is 13.5 Å². The average molecular weight is 153 g/mol. The molecule has 60 valence electrons. The van der Waals surface area contributed by atoms with Gasteiger partial charge < -0.3 is 10.2 Å². The summed E-state index contributed by atoms with van der Waals surface area (Å²) in [6, 6.07) is 1.48. The van der Waals surface area contributed by atoms with Crippen LogP contribution in [-0.4, -0.2) is 14.8 Å². The molecule has 0 aliphatic heterocycles. The van der Waals surface area contributed by atoms with Gasteiger partial charge in [-0.25, -0.2) is 0 Å². The second-order valence-electron chi connectivity index (χ2n) is 2.23. The lowest BCUT2D eigenvalue weighted by atomic mass is 10.3. The maximum Gasteiger partial charge on any atom is 0.201 e. The first-order valence-electron chi connectivity index (χ1n) is 3.44. The Morgan fingerprint density at radius 3 is 2.55 bits per heavy atom. The zero-order valence-corrected chi connectivity index (χ0v) is 6.41. The standard InChI is InChI=1S/C8H11NO2/c1-3-6-5-7(10)9(4-2)8(6)11/h3,5,10-11H,1,4H2,2H3. The number of rotatable bonds is 2. The van der Waals surface area contributed by atoms with Crippen LogP contribution in [0.15, 0.2) is 12.6 Å². The molecule has 2 N–H and O–H groups in total. The molecule has 0 aliphatic carbocycles. The van der Waals surface area contributed by atoms with Gasteiger partial charge in [-0.3, -0.25) is 4.57 Å². The van der Waals surface area contributed by atoms with Crippen LogP contribution in [0.4, 0.5) is 0 Å². The van der Waals surface area contributed by atoms with Crippen LogP contribution in [0.3, 0.4) is 0 Å². The van der Waals surface area contributed by atoms with Gasteiger partial charge in [0.05, 0.1) is 0 Å². The lowest BCUT2D eigenvalue weighted by molar-refractivity contribution is 0.373. The number of aromatic nitrogens is 1. The molecule has 0 unspecified atom stereocenters. The molecular weight excluding hydrogens is 142 g/mol. The largest absolute Gasteiger partial charge is 0.494 e. The van der Waals surface area contributed by atoms with Crippen molar-refractivity contribution in [1.29, 1.82) is 0 Å². The molecule has 1 aromatic rings. The van der Waals surface area contributed by atoms with E-state index in [1.54, 1.807) is 0 Å². The van der Waals surface area contributed by atoms with Crippen molar-refractivity contribution in [3.8, 4) is 11.8 Å². The van der Waals surface area contributed by atoms with Gasteiger partial charge in [-0.2, -0.15) is 0 Å². The summed E-state index contributed by atoms with van der Waals surface area (Å²) >= 11 is 0. The van der Waals surface area contributed by atoms with Gasteiger partial charge in [0.2, 0.25) is 5.88 Å². The van der Waals surface area contributed by atoms with Gasteiger partial charge in [0.1, 0.15) is 0 Å². The highest BCUT2D eigenvalue weighted by Crippen LogP contribution is 2.27. The molecule has 0 atom stereocenters. The van der Waals surface area contributed by atoms with Crippen LogP contribution in [0.25, 0.3) is 6.08 Å². The van der Waals surface area contributed by atoms with Gasteiger partial charge in [0, 0.05) is 18.2 Å². The monoisotopic (exact) mass is 153 g/mol. The Morgan fingerprint density at radius 2 is 2.27 bits per heavy atom. The summed E-state index contributed by atoms with van der Waals surface area (Å²) in [7, 11) is 0. The highest BCUT2D eigenvalue weighted by atomic mass is 16.3. The van der Waals surface area contributed by atoms with Crippen molar-refractivity contribution < 1.29 is 10.2 Å². The van der Waals surface area contributed by atoms with Crippen molar-refractivity contribution in [3.05, 3.63) is 18.2 Å². The van der Waals surface area contributed by atoms with Crippen LogP contribution in [0.2, 0.25) is 0 Å². The van der Waals surface area contributed by atoms with Crippen LogP contribution < -0.4 is 0 Å². The maximum atomic E-state index is 9.34. The second kappa shape index (κ2) is 2.70. The smallest absolute Gasteiger partial charge is 0.201 e. The summed E-state index contributed by atoms with van der Waals surface area (Å²) in [6.45, 7) is 5.88. The molecule has 11 heavy (non-hydrogen) atoms. The van der Waals surface area contributed by atoms with Gasteiger partial charge in [-0.05, 0) is 6.92 Å². The van der Waals surface area contributed by atoms with E-state index in [0.717, 1.165) is 0 Å². The molecule has 0 aliphatic rings. The highest BCUT2D eigenvalue weighted by Gasteiger charge is 2.08. The van der Waals surface area contributed by atoms with E-state index in [1.807, 2.05) is 6.92 Å². The van der Waals surface area contributed by atoms with Crippen molar-refractivity contribution in [1.82, 2.24) is 4.57 Å². The average Bonchev–Trinajstić information content (AvgIpc) is 2.26. The summed E-state index contributed by atoms with van der Waals surface area (Å²) < 4.78 is 1.40. The minimum absolute atomic E-state index is 0.0694. The van der Waals surface area contributed by atoms with Gasteiger partial charge in [-0.15, -0.1) is 0 Å². The highest BCUT2D eigenvalue weighted by molar-refractivity contribution is 5.56. The minimum atomic E-state index is 0.0694. The van der Waals surface area contributed by atoms with Gasteiger partial charge in [-0.1, -0.05) is 12.7 Å². The molecule has 3 nitrogen and oxygen atoms in total. The fourth-order valence-electron chi connectivity index (χ4n) is 1.01. The summed E-state index contributed by atoms with van der Waals surface area (Å²) in [5.74, 6) is 0.139.